The van der Waals surface area contributed by atoms with Crippen LogP contribution >= 0.6 is 0 Å². The number of primary amides is 1. The minimum atomic E-state index is -0.348. The fourth-order valence-corrected chi connectivity index (χ4v) is 1.55. The van der Waals surface area contributed by atoms with Gasteiger partial charge in [0.05, 0.1) is 6.04 Å². The lowest BCUT2D eigenvalue weighted by molar-refractivity contribution is -0.122. The van der Waals surface area contributed by atoms with E-state index in [0.717, 1.165) is 5.56 Å². The van der Waals surface area contributed by atoms with Crippen LogP contribution in [0, 0.1) is 0 Å². The van der Waals surface area contributed by atoms with Gasteiger partial charge in [0.25, 0.3) is 5.91 Å². The van der Waals surface area contributed by atoms with Gasteiger partial charge >= 0.3 is 0 Å². The molecule has 98 valence electrons. The van der Waals surface area contributed by atoms with Crippen molar-refractivity contribution in [3.8, 4) is 0 Å². The van der Waals surface area contributed by atoms with Gasteiger partial charge in [0.1, 0.15) is 0 Å². The van der Waals surface area contributed by atoms with Crippen molar-refractivity contribution in [3.63, 3.8) is 0 Å². The second-order valence-electron chi connectivity index (χ2n) is 4.27. The minimum absolute atomic E-state index is 0.111. The van der Waals surface area contributed by atoms with Crippen molar-refractivity contribution >= 4 is 11.8 Å². The molecule has 5 heteroatoms. The molecule has 0 aromatic heterocycles. The summed E-state index contributed by atoms with van der Waals surface area (Å²) in [7, 11) is 3.43. The summed E-state index contributed by atoms with van der Waals surface area (Å²) in [5, 5.41) is 2.56. The number of carbonyl (C=O) groups excluding carboxylic acids is 2. The van der Waals surface area contributed by atoms with Gasteiger partial charge in [0, 0.05) is 19.2 Å². The molecule has 1 rings (SSSR count). The van der Waals surface area contributed by atoms with E-state index in [-0.39, 0.29) is 17.9 Å². The van der Waals surface area contributed by atoms with E-state index >= 15 is 0 Å². The Bertz CT molecular complexity index is 428. The SMILES string of the molecule is CNC(=O)c1ccc(CN(C)[C@H](C)C(N)=O)cc1. The first-order valence-electron chi connectivity index (χ1n) is 5.76. The molecule has 0 fully saturated rings. The molecule has 0 saturated carbocycles. The number of nitrogens with two attached hydrogens (primary N) is 1. The van der Waals surface area contributed by atoms with Gasteiger partial charge in [-0.3, -0.25) is 14.5 Å². The molecule has 0 heterocycles. The summed E-state index contributed by atoms with van der Waals surface area (Å²) in [5.41, 5.74) is 6.88. The molecule has 0 saturated heterocycles. The highest BCUT2D eigenvalue weighted by Gasteiger charge is 2.14. The Morgan fingerprint density at radius 3 is 2.33 bits per heavy atom. The Kier molecular flexibility index (Phi) is 4.85. The van der Waals surface area contributed by atoms with Crippen molar-refractivity contribution in [2.45, 2.75) is 19.5 Å². The van der Waals surface area contributed by atoms with E-state index in [1.165, 1.54) is 0 Å². The van der Waals surface area contributed by atoms with E-state index in [1.54, 1.807) is 26.1 Å². The van der Waals surface area contributed by atoms with E-state index in [9.17, 15) is 9.59 Å². The molecule has 0 bridgehead atoms. The zero-order valence-corrected chi connectivity index (χ0v) is 10.9. The van der Waals surface area contributed by atoms with E-state index < -0.39 is 0 Å². The molecule has 0 radical (unpaired) electrons. The zero-order chi connectivity index (χ0) is 13.7. The van der Waals surface area contributed by atoms with E-state index in [1.807, 2.05) is 24.1 Å². The van der Waals surface area contributed by atoms with Crippen LogP contribution < -0.4 is 11.1 Å². The molecule has 18 heavy (non-hydrogen) atoms. The summed E-state index contributed by atoms with van der Waals surface area (Å²) >= 11 is 0. The van der Waals surface area contributed by atoms with Gasteiger partial charge in [-0.2, -0.15) is 0 Å². The zero-order valence-electron chi connectivity index (χ0n) is 10.9. The maximum Gasteiger partial charge on any atom is 0.251 e. The number of likely N-dealkylation sites (N-methyl/N-ethyl adjacent to an activating group) is 1. The minimum Gasteiger partial charge on any atom is -0.368 e. The van der Waals surface area contributed by atoms with Gasteiger partial charge in [-0.25, -0.2) is 0 Å². The number of nitrogens with zero attached hydrogens (tertiary/aromatic N) is 1. The quantitative estimate of drug-likeness (QED) is 0.790. The van der Waals surface area contributed by atoms with Crippen LogP contribution in [0.3, 0.4) is 0 Å². The van der Waals surface area contributed by atoms with Gasteiger partial charge in [-0.1, -0.05) is 12.1 Å². The van der Waals surface area contributed by atoms with Crippen LogP contribution in [0.25, 0.3) is 0 Å². The lowest BCUT2D eigenvalue weighted by Crippen LogP contribution is -2.39. The Morgan fingerprint density at radius 1 is 1.33 bits per heavy atom. The first-order chi connectivity index (χ1) is 8.45. The smallest absolute Gasteiger partial charge is 0.251 e. The summed E-state index contributed by atoms with van der Waals surface area (Å²) in [6.45, 7) is 2.37. The molecule has 5 nitrogen and oxygen atoms in total. The molecular weight excluding hydrogens is 230 g/mol. The summed E-state index contributed by atoms with van der Waals surface area (Å²) in [5.74, 6) is -0.458. The molecule has 3 N–H and O–H groups in total. The highest BCUT2D eigenvalue weighted by atomic mass is 16.2. The average molecular weight is 249 g/mol. The second-order valence-corrected chi connectivity index (χ2v) is 4.27. The Morgan fingerprint density at radius 2 is 1.89 bits per heavy atom. The number of nitrogens with one attached hydrogen (secondary N) is 1. The fraction of sp³-hybridized carbons (Fsp3) is 0.385. The molecule has 0 aliphatic heterocycles. The normalized spacial score (nSPS) is 12.2. The van der Waals surface area contributed by atoms with Gasteiger partial charge in [-0.05, 0) is 31.7 Å². The summed E-state index contributed by atoms with van der Waals surface area (Å²) < 4.78 is 0. The predicted octanol–water partition coefficient (Wildman–Crippen LogP) is 0.352. The molecule has 0 spiro atoms. The first kappa shape index (κ1) is 14.2. The molecule has 0 aliphatic rings. The number of hydrogen-bond acceptors (Lipinski definition) is 3. The van der Waals surface area contributed by atoms with Crippen molar-refractivity contribution in [3.05, 3.63) is 35.4 Å². The molecule has 1 atom stereocenters. The highest BCUT2D eigenvalue weighted by molar-refractivity contribution is 5.93. The fourth-order valence-electron chi connectivity index (χ4n) is 1.55. The molecular formula is C13H19N3O2. The number of hydrogen-bond donors (Lipinski definition) is 2. The largest absolute Gasteiger partial charge is 0.368 e. The number of carbonyl (C=O) groups is 2. The highest BCUT2D eigenvalue weighted by Crippen LogP contribution is 2.08. The number of amides is 2. The van der Waals surface area contributed by atoms with Crippen LogP contribution in [-0.2, 0) is 11.3 Å². The molecule has 0 aliphatic carbocycles. The number of rotatable bonds is 5. The number of benzene rings is 1. The van der Waals surface area contributed by atoms with E-state index in [4.69, 9.17) is 5.73 Å². The lowest BCUT2D eigenvalue weighted by atomic mass is 10.1. The summed E-state index contributed by atoms with van der Waals surface area (Å²) in [6, 6.07) is 6.95. The van der Waals surface area contributed by atoms with Gasteiger partial charge in [0.15, 0.2) is 0 Å². The maximum atomic E-state index is 11.4. The Hall–Kier alpha value is -1.88. The second kappa shape index (κ2) is 6.16. The van der Waals surface area contributed by atoms with Gasteiger partial charge in [0.2, 0.25) is 5.91 Å². The third-order valence-corrected chi connectivity index (χ3v) is 2.95. The maximum absolute atomic E-state index is 11.4. The van der Waals surface area contributed by atoms with Crippen molar-refractivity contribution < 1.29 is 9.59 Å². The van der Waals surface area contributed by atoms with Crippen LogP contribution in [0.15, 0.2) is 24.3 Å². The molecule has 1 aromatic rings. The third-order valence-electron chi connectivity index (χ3n) is 2.95. The van der Waals surface area contributed by atoms with Crippen LogP contribution in [0.2, 0.25) is 0 Å². The lowest BCUT2D eigenvalue weighted by Gasteiger charge is -2.21. The molecule has 2 amide bonds. The predicted molar refractivity (Wildman–Crippen MR) is 70.0 cm³/mol. The third kappa shape index (κ3) is 3.56. The Labute approximate surface area is 107 Å². The van der Waals surface area contributed by atoms with Crippen molar-refractivity contribution in [2.24, 2.45) is 5.73 Å². The van der Waals surface area contributed by atoms with Crippen LogP contribution in [0.1, 0.15) is 22.8 Å². The van der Waals surface area contributed by atoms with Crippen LogP contribution in [0.5, 0.6) is 0 Å². The van der Waals surface area contributed by atoms with Gasteiger partial charge in [-0.15, -0.1) is 0 Å². The summed E-state index contributed by atoms with van der Waals surface area (Å²) in [4.78, 5) is 24.3. The summed E-state index contributed by atoms with van der Waals surface area (Å²) in [6.07, 6.45) is 0. The van der Waals surface area contributed by atoms with Gasteiger partial charge < -0.3 is 11.1 Å². The molecule has 0 unspecified atom stereocenters. The first-order valence-corrected chi connectivity index (χ1v) is 5.76. The Balaban J connectivity index is 2.69. The van der Waals surface area contributed by atoms with Crippen molar-refractivity contribution in [1.29, 1.82) is 0 Å². The van der Waals surface area contributed by atoms with E-state index in [2.05, 4.69) is 5.32 Å². The topological polar surface area (TPSA) is 75.4 Å². The van der Waals surface area contributed by atoms with Crippen LogP contribution in [-0.4, -0.2) is 36.9 Å². The standard InChI is InChI=1S/C13H19N3O2/c1-9(12(14)17)16(3)8-10-4-6-11(7-5-10)13(18)15-2/h4-7,9H,8H2,1-3H3,(H2,14,17)(H,15,18)/t9-/m1/s1. The van der Waals surface area contributed by atoms with Crippen molar-refractivity contribution in [1.82, 2.24) is 10.2 Å². The van der Waals surface area contributed by atoms with E-state index in [0.29, 0.717) is 12.1 Å². The van der Waals surface area contributed by atoms with Crippen molar-refractivity contribution in [2.75, 3.05) is 14.1 Å². The molecule has 1 aromatic carbocycles. The van der Waals surface area contributed by atoms with Crippen LogP contribution in [0.4, 0.5) is 0 Å². The average Bonchev–Trinajstić information content (AvgIpc) is 2.37. The monoisotopic (exact) mass is 249 g/mol.